The molecule has 0 radical (unpaired) electrons. The second-order valence-corrected chi connectivity index (χ2v) is 6.16. The van der Waals surface area contributed by atoms with Gasteiger partial charge in [0.15, 0.2) is 5.96 Å². The lowest BCUT2D eigenvalue weighted by Gasteiger charge is -2.23. The van der Waals surface area contributed by atoms with E-state index in [1.807, 2.05) is 43.1 Å². The van der Waals surface area contributed by atoms with Crippen LogP contribution in [0.15, 0.2) is 41.5 Å². The topological polar surface area (TPSA) is 41.8 Å². The third kappa shape index (κ3) is 4.76. The first-order chi connectivity index (χ1) is 11.5. The average Bonchev–Trinajstić information content (AvgIpc) is 2.87. The van der Waals surface area contributed by atoms with E-state index in [0.29, 0.717) is 13.2 Å². The van der Waals surface area contributed by atoms with E-state index in [9.17, 15) is 0 Å². The van der Waals surface area contributed by atoms with Gasteiger partial charge in [-0.15, -0.1) is 0 Å². The predicted molar refractivity (Wildman–Crippen MR) is 99.2 cm³/mol. The number of aliphatic imine (C=N–C) groups is 1. The highest BCUT2D eigenvalue weighted by molar-refractivity contribution is 6.30. The Labute approximate surface area is 148 Å². The van der Waals surface area contributed by atoms with Crippen LogP contribution in [0.4, 0.5) is 0 Å². The molecular weight excluding hydrogens is 324 g/mol. The minimum absolute atomic E-state index is 0.605. The fourth-order valence-electron chi connectivity index (χ4n) is 2.63. The van der Waals surface area contributed by atoms with E-state index in [2.05, 4.69) is 27.3 Å². The number of rotatable bonds is 6. The third-order valence-electron chi connectivity index (χ3n) is 3.90. The van der Waals surface area contributed by atoms with Crippen molar-refractivity contribution in [1.29, 1.82) is 0 Å². The fourth-order valence-corrected chi connectivity index (χ4v) is 2.90. The largest absolute Gasteiger partial charge is 0.380 e. The molecule has 0 aliphatic carbocycles. The lowest BCUT2D eigenvalue weighted by atomic mass is 10.1. The second kappa shape index (κ2) is 8.76. The molecule has 0 amide bonds. The molecule has 0 unspecified atom stereocenters. The Morgan fingerprint density at radius 2 is 2.04 bits per heavy atom. The standard InChI is InChI=1S/C18H25ClN4O/c1-20-18(23(3)12-17-9-16(19)11-22(17)2)21-10-14-7-5-6-8-15(14)13-24-4/h5-9,11H,10,12-13H2,1-4H3,(H,20,21). The van der Waals surface area contributed by atoms with Gasteiger partial charge in [0.1, 0.15) is 0 Å². The van der Waals surface area contributed by atoms with Crippen molar-refractivity contribution in [1.82, 2.24) is 14.8 Å². The van der Waals surface area contributed by atoms with Crippen LogP contribution in [-0.4, -0.2) is 36.6 Å². The van der Waals surface area contributed by atoms with Crippen molar-refractivity contribution >= 4 is 17.6 Å². The van der Waals surface area contributed by atoms with Crippen LogP contribution < -0.4 is 5.32 Å². The monoisotopic (exact) mass is 348 g/mol. The van der Waals surface area contributed by atoms with Gasteiger partial charge in [-0.3, -0.25) is 4.99 Å². The van der Waals surface area contributed by atoms with E-state index in [1.54, 1.807) is 14.2 Å². The molecular formula is C18H25ClN4O. The summed E-state index contributed by atoms with van der Waals surface area (Å²) in [7, 11) is 7.50. The van der Waals surface area contributed by atoms with Gasteiger partial charge in [-0.2, -0.15) is 0 Å². The number of hydrogen-bond acceptors (Lipinski definition) is 2. The molecule has 0 fully saturated rings. The number of aromatic nitrogens is 1. The number of guanidine groups is 1. The first-order valence-corrected chi connectivity index (χ1v) is 8.21. The first-order valence-electron chi connectivity index (χ1n) is 7.83. The minimum Gasteiger partial charge on any atom is -0.380 e. The number of ether oxygens (including phenoxy) is 1. The summed E-state index contributed by atoms with van der Waals surface area (Å²) < 4.78 is 7.29. The van der Waals surface area contributed by atoms with Crippen LogP contribution in [-0.2, 0) is 31.5 Å². The number of aryl methyl sites for hydroxylation is 1. The van der Waals surface area contributed by atoms with E-state index in [1.165, 1.54) is 11.1 Å². The molecule has 130 valence electrons. The zero-order chi connectivity index (χ0) is 17.5. The summed E-state index contributed by atoms with van der Waals surface area (Å²) in [5.41, 5.74) is 3.51. The van der Waals surface area contributed by atoms with Gasteiger partial charge in [-0.05, 0) is 17.2 Å². The van der Waals surface area contributed by atoms with Gasteiger partial charge in [0, 0.05) is 46.7 Å². The first kappa shape index (κ1) is 18.4. The summed E-state index contributed by atoms with van der Waals surface area (Å²) in [6.45, 7) is 2.03. The molecule has 0 atom stereocenters. The summed E-state index contributed by atoms with van der Waals surface area (Å²) in [5.74, 6) is 0.833. The summed E-state index contributed by atoms with van der Waals surface area (Å²) in [6, 6.07) is 10.2. The van der Waals surface area contributed by atoms with Gasteiger partial charge in [-0.1, -0.05) is 35.9 Å². The highest BCUT2D eigenvalue weighted by Gasteiger charge is 2.10. The summed E-state index contributed by atoms with van der Waals surface area (Å²) in [4.78, 5) is 6.44. The molecule has 24 heavy (non-hydrogen) atoms. The van der Waals surface area contributed by atoms with Crippen molar-refractivity contribution in [3.63, 3.8) is 0 Å². The molecule has 0 spiro atoms. The minimum atomic E-state index is 0.605. The lowest BCUT2D eigenvalue weighted by Crippen LogP contribution is -2.38. The summed E-state index contributed by atoms with van der Waals surface area (Å²) >= 11 is 6.05. The van der Waals surface area contributed by atoms with Crippen LogP contribution in [0, 0.1) is 0 Å². The number of methoxy groups -OCH3 is 1. The van der Waals surface area contributed by atoms with E-state index in [4.69, 9.17) is 16.3 Å². The molecule has 2 aromatic rings. The van der Waals surface area contributed by atoms with Gasteiger partial charge < -0.3 is 19.5 Å². The summed E-state index contributed by atoms with van der Waals surface area (Å²) in [6.07, 6.45) is 1.90. The highest BCUT2D eigenvalue weighted by Crippen LogP contribution is 2.14. The Bertz CT molecular complexity index is 696. The maximum atomic E-state index is 6.05. The molecule has 0 bridgehead atoms. The number of nitrogens with zero attached hydrogens (tertiary/aromatic N) is 3. The van der Waals surface area contributed by atoms with Gasteiger partial charge >= 0.3 is 0 Å². The van der Waals surface area contributed by atoms with Crippen molar-refractivity contribution in [3.05, 3.63) is 58.4 Å². The fraction of sp³-hybridized carbons (Fsp3) is 0.389. The second-order valence-electron chi connectivity index (χ2n) is 5.72. The molecule has 1 N–H and O–H groups in total. The van der Waals surface area contributed by atoms with Gasteiger partial charge in [-0.25, -0.2) is 0 Å². The van der Waals surface area contributed by atoms with Crippen molar-refractivity contribution in [3.8, 4) is 0 Å². The third-order valence-corrected chi connectivity index (χ3v) is 4.11. The SMILES string of the molecule is CN=C(NCc1ccccc1COC)N(C)Cc1cc(Cl)cn1C. The number of nitrogens with one attached hydrogen (secondary N) is 1. The maximum Gasteiger partial charge on any atom is 0.194 e. The van der Waals surface area contributed by atoms with Crippen molar-refractivity contribution < 1.29 is 4.74 Å². The Balaban J connectivity index is 2.01. The van der Waals surface area contributed by atoms with Crippen molar-refractivity contribution in [2.75, 3.05) is 21.2 Å². The van der Waals surface area contributed by atoms with Crippen molar-refractivity contribution in [2.45, 2.75) is 19.7 Å². The van der Waals surface area contributed by atoms with Crippen LogP contribution in [0.3, 0.4) is 0 Å². The molecule has 6 heteroatoms. The molecule has 2 rings (SSSR count). The van der Waals surface area contributed by atoms with E-state index in [-0.39, 0.29) is 0 Å². The van der Waals surface area contributed by atoms with E-state index >= 15 is 0 Å². The number of halogens is 1. The Hall–Kier alpha value is -1.98. The molecule has 0 saturated carbocycles. The smallest absolute Gasteiger partial charge is 0.194 e. The Morgan fingerprint density at radius 1 is 1.33 bits per heavy atom. The summed E-state index contributed by atoms with van der Waals surface area (Å²) in [5, 5.41) is 4.16. The molecule has 5 nitrogen and oxygen atoms in total. The molecule has 0 aliphatic heterocycles. The lowest BCUT2D eigenvalue weighted by molar-refractivity contribution is 0.184. The molecule has 1 heterocycles. The van der Waals surface area contributed by atoms with Crippen molar-refractivity contribution in [2.24, 2.45) is 12.0 Å². The van der Waals surface area contributed by atoms with E-state index < -0.39 is 0 Å². The highest BCUT2D eigenvalue weighted by atomic mass is 35.5. The molecule has 0 saturated heterocycles. The van der Waals surface area contributed by atoms with Crippen LogP contribution in [0.25, 0.3) is 0 Å². The van der Waals surface area contributed by atoms with Crippen LogP contribution in [0.5, 0.6) is 0 Å². The molecule has 1 aromatic carbocycles. The van der Waals surface area contributed by atoms with E-state index in [0.717, 1.165) is 23.2 Å². The van der Waals surface area contributed by atoms with Crippen LogP contribution in [0.1, 0.15) is 16.8 Å². The zero-order valence-electron chi connectivity index (χ0n) is 14.7. The Kier molecular flexibility index (Phi) is 6.70. The van der Waals surface area contributed by atoms with Gasteiger partial charge in [0.25, 0.3) is 0 Å². The van der Waals surface area contributed by atoms with Crippen LogP contribution >= 0.6 is 11.6 Å². The molecule has 1 aromatic heterocycles. The Morgan fingerprint density at radius 3 is 2.62 bits per heavy atom. The van der Waals surface area contributed by atoms with Gasteiger partial charge in [0.2, 0.25) is 0 Å². The van der Waals surface area contributed by atoms with Crippen LogP contribution in [0.2, 0.25) is 5.02 Å². The maximum absolute atomic E-state index is 6.05. The normalized spacial score (nSPS) is 11.6. The number of hydrogen-bond donors (Lipinski definition) is 1. The average molecular weight is 349 g/mol. The quantitative estimate of drug-likeness (QED) is 0.644. The predicted octanol–water partition coefficient (Wildman–Crippen LogP) is 3.03. The number of benzene rings is 1. The molecule has 0 aliphatic rings. The zero-order valence-corrected chi connectivity index (χ0v) is 15.5. The van der Waals surface area contributed by atoms with Gasteiger partial charge in [0.05, 0.1) is 18.2 Å².